The Morgan fingerprint density at radius 1 is 1.12 bits per heavy atom. The summed E-state index contributed by atoms with van der Waals surface area (Å²) in [5, 5.41) is 5.02. The van der Waals surface area contributed by atoms with Crippen LogP contribution in [0.1, 0.15) is 51.4 Å². The van der Waals surface area contributed by atoms with Crippen molar-refractivity contribution in [2.75, 3.05) is 14.2 Å². The molecule has 8 heteroatoms. The quantitative estimate of drug-likeness (QED) is 0.388. The van der Waals surface area contributed by atoms with Gasteiger partial charge in [-0.05, 0) is 50.6 Å². The van der Waals surface area contributed by atoms with E-state index in [2.05, 4.69) is 28.0 Å². The molecule has 170 valence electrons. The number of hydrogen-bond acceptors (Lipinski definition) is 6. The van der Waals surface area contributed by atoms with E-state index in [1.807, 2.05) is 32.9 Å². The van der Waals surface area contributed by atoms with Gasteiger partial charge in [0.25, 0.3) is 5.56 Å². The van der Waals surface area contributed by atoms with Gasteiger partial charge in [0.2, 0.25) is 5.75 Å². The van der Waals surface area contributed by atoms with Crippen molar-refractivity contribution in [3.05, 3.63) is 56.5 Å². The van der Waals surface area contributed by atoms with Gasteiger partial charge in [-0.2, -0.15) is 9.78 Å². The second-order valence-corrected chi connectivity index (χ2v) is 8.64. The third-order valence-corrected chi connectivity index (χ3v) is 5.54. The van der Waals surface area contributed by atoms with E-state index in [0.717, 1.165) is 10.9 Å². The first-order valence-corrected chi connectivity index (χ1v) is 11.3. The Hall–Kier alpha value is -2.87. The van der Waals surface area contributed by atoms with Crippen molar-refractivity contribution in [3.63, 3.8) is 0 Å². The molecule has 0 saturated carbocycles. The molecular weight excluding hydrogens is 474 g/mol. The summed E-state index contributed by atoms with van der Waals surface area (Å²) in [5.74, 6) is 2.24. The minimum atomic E-state index is -0.221. The fourth-order valence-electron chi connectivity index (χ4n) is 3.23. The molecule has 3 aromatic rings. The SMILES string of the molecule is CC[C@@H](C)c1nc2ccc(Br)cc2c(=O)n1N=Cc1cc(OC)c(OC(C)C)c(OC)c1. The van der Waals surface area contributed by atoms with Crippen molar-refractivity contribution in [3.8, 4) is 17.2 Å². The third-order valence-electron chi connectivity index (χ3n) is 5.05. The van der Waals surface area contributed by atoms with E-state index < -0.39 is 0 Å². The van der Waals surface area contributed by atoms with Gasteiger partial charge in [-0.3, -0.25) is 4.79 Å². The standard InChI is InChI=1S/C24H28BrN3O4/c1-7-15(4)23-27-19-9-8-17(25)12-18(19)24(29)28(23)26-13-16-10-20(30-5)22(32-14(2)3)21(11-16)31-6/h8-15H,7H2,1-6H3/t15-/m1/s1. The van der Waals surface area contributed by atoms with Crippen LogP contribution in [0.4, 0.5) is 0 Å². The fraction of sp³-hybridized carbons (Fsp3) is 0.375. The first kappa shape index (κ1) is 23.8. The van der Waals surface area contributed by atoms with Crippen LogP contribution in [0.2, 0.25) is 0 Å². The Morgan fingerprint density at radius 2 is 1.78 bits per heavy atom. The second kappa shape index (κ2) is 10.2. The monoisotopic (exact) mass is 501 g/mol. The van der Waals surface area contributed by atoms with Gasteiger partial charge in [-0.25, -0.2) is 4.98 Å². The molecule has 0 radical (unpaired) electrons. The van der Waals surface area contributed by atoms with Crippen LogP contribution in [-0.4, -0.2) is 36.2 Å². The number of ether oxygens (including phenoxy) is 3. The average molecular weight is 502 g/mol. The zero-order valence-corrected chi connectivity index (χ0v) is 20.8. The topological polar surface area (TPSA) is 74.9 Å². The molecule has 1 aromatic heterocycles. The number of methoxy groups -OCH3 is 2. The zero-order valence-electron chi connectivity index (χ0n) is 19.2. The summed E-state index contributed by atoms with van der Waals surface area (Å²) in [6, 6.07) is 9.07. The fourth-order valence-corrected chi connectivity index (χ4v) is 3.59. The van der Waals surface area contributed by atoms with E-state index >= 15 is 0 Å². The van der Waals surface area contributed by atoms with Crippen molar-refractivity contribution >= 4 is 33.0 Å². The normalized spacial score (nSPS) is 12.5. The Morgan fingerprint density at radius 3 is 2.34 bits per heavy atom. The average Bonchev–Trinajstić information content (AvgIpc) is 2.78. The first-order chi connectivity index (χ1) is 15.3. The number of nitrogens with zero attached hydrogens (tertiary/aromatic N) is 3. The second-order valence-electron chi connectivity index (χ2n) is 7.72. The molecule has 0 saturated heterocycles. The summed E-state index contributed by atoms with van der Waals surface area (Å²) in [6.07, 6.45) is 2.38. The molecule has 0 amide bonds. The smallest absolute Gasteiger partial charge is 0.282 e. The highest BCUT2D eigenvalue weighted by Gasteiger charge is 2.17. The zero-order chi connectivity index (χ0) is 23.4. The number of halogens is 1. The molecule has 1 heterocycles. The summed E-state index contributed by atoms with van der Waals surface area (Å²) in [5.41, 5.74) is 1.13. The van der Waals surface area contributed by atoms with Gasteiger partial charge in [0, 0.05) is 16.0 Å². The van der Waals surface area contributed by atoms with Gasteiger partial charge >= 0.3 is 0 Å². The predicted molar refractivity (Wildman–Crippen MR) is 131 cm³/mol. The van der Waals surface area contributed by atoms with E-state index in [1.54, 1.807) is 38.6 Å². The number of rotatable bonds is 8. The lowest BCUT2D eigenvalue weighted by molar-refractivity contribution is 0.218. The summed E-state index contributed by atoms with van der Waals surface area (Å²) in [4.78, 5) is 18.0. The summed E-state index contributed by atoms with van der Waals surface area (Å²) in [7, 11) is 3.14. The first-order valence-electron chi connectivity index (χ1n) is 10.5. The minimum absolute atomic E-state index is 0.0445. The maximum absolute atomic E-state index is 13.3. The number of aromatic nitrogens is 2. The van der Waals surface area contributed by atoms with Crippen LogP contribution >= 0.6 is 15.9 Å². The van der Waals surface area contributed by atoms with Crippen LogP contribution in [0.25, 0.3) is 10.9 Å². The van der Waals surface area contributed by atoms with Crippen molar-refractivity contribution in [2.45, 2.75) is 46.1 Å². The van der Waals surface area contributed by atoms with Crippen molar-refractivity contribution in [1.82, 2.24) is 9.66 Å². The van der Waals surface area contributed by atoms with Gasteiger partial charge in [-0.1, -0.05) is 29.8 Å². The van der Waals surface area contributed by atoms with Crippen LogP contribution in [0.15, 0.2) is 44.7 Å². The van der Waals surface area contributed by atoms with Crippen molar-refractivity contribution in [1.29, 1.82) is 0 Å². The molecule has 2 aromatic carbocycles. The lowest BCUT2D eigenvalue weighted by Crippen LogP contribution is -2.23. The van der Waals surface area contributed by atoms with E-state index in [0.29, 0.717) is 39.5 Å². The van der Waals surface area contributed by atoms with E-state index in [4.69, 9.17) is 19.2 Å². The summed E-state index contributed by atoms with van der Waals surface area (Å²) < 4.78 is 19.0. The maximum Gasteiger partial charge on any atom is 0.282 e. The van der Waals surface area contributed by atoms with Crippen LogP contribution in [0.3, 0.4) is 0 Å². The molecule has 0 fully saturated rings. The maximum atomic E-state index is 13.3. The molecule has 0 bridgehead atoms. The molecule has 1 atom stereocenters. The van der Waals surface area contributed by atoms with Crippen molar-refractivity contribution in [2.24, 2.45) is 5.10 Å². The summed E-state index contributed by atoms with van der Waals surface area (Å²) in [6.45, 7) is 7.95. The van der Waals surface area contributed by atoms with Crippen molar-refractivity contribution < 1.29 is 14.2 Å². The highest BCUT2D eigenvalue weighted by molar-refractivity contribution is 9.10. The minimum Gasteiger partial charge on any atom is -0.493 e. The third kappa shape index (κ3) is 4.96. The summed E-state index contributed by atoms with van der Waals surface area (Å²) >= 11 is 3.43. The molecule has 0 unspecified atom stereocenters. The highest BCUT2D eigenvalue weighted by Crippen LogP contribution is 2.39. The molecule has 0 N–H and O–H groups in total. The molecule has 0 aliphatic rings. The van der Waals surface area contributed by atoms with Gasteiger partial charge in [0.1, 0.15) is 5.82 Å². The van der Waals surface area contributed by atoms with Gasteiger partial charge in [0.15, 0.2) is 11.5 Å². The van der Waals surface area contributed by atoms with E-state index in [9.17, 15) is 4.79 Å². The molecule has 0 aliphatic carbocycles. The van der Waals surface area contributed by atoms with Gasteiger partial charge in [0.05, 0.1) is 37.4 Å². The Bertz CT molecular complexity index is 1180. The van der Waals surface area contributed by atoms with E-state index in [-0.39, 0.29) is 17.6 Å². The van der Waals surface area contributed by atoms with Crippen LogP contribution in [0, 0.1) is 0 Å². The lowest BCUT2D eigenvalue weighted by Gasteiger charge is -2.17. The molecule has 3 rings (SSSR count). The highest BCUT2D eigenvalue weighted by atomic mass is 79.9. The largest absolute Gasteiger partial charge is 0.493 e. The van der Waals surface area contributed by atoms with Gasteiger partial charge < -0.3 is 14.2 Å². The van der Waals surface area contributed by atoms with Crippen LogP contribution in [-0.2, 0) is 0 Å². The Balaban J connectivity index is 2.15. The molecule has 7 nitrogen and oxygen atoms in total. The number of benzene rings is 2. The lowest BCUT2D eigenvalue weighted by atomic mass is 10.1. The van der Waals surface area contributed by atoms with E-state index in [1.165, 1.54) is 4.68 Å². The molecule has 0 aliphatic heterocycles. The van der Waals surface area contributed by atoms with Crippen LogP contribution in [0.5, 0.6) is 17.2 Å². The number of hydrogen-bond donors (Lipinski definition) is 0. The van der Waals surface area contributed by atoms with Crippen LogP contribution < -0.4 is 19.8 Å². The predicted octanol–water partition coefficient (Wildman–Crippen LogP) is 5.36. The molecule has 32 heavy (non-hydrogen) atoms. The number of fused-ring (bicyclic) bond motifs is 1. The van der Waals surface area contributed by atoms with Gasteiger partial charge in [-0.15, -0.1) is 0 Å². The Labute approximate surface area is 196 Å². The molecule has 0 spiro atoms. The molecular formula is C24H28BrN3O4. The Kier molecular flexibility index (Phi) is 7.56.